The molecular weight excluding hydrogens is 145 g/mol. The quantitative estimate of drug-likeness (QED) is 0.648. The van der Waals surface area contributed by atoms with Gasteiger partial charge in [-0.3, -0.25) is 0 Å². The minimum absolute atomic E-state index is 0.0165. The van der Waals surface area contributed by atoms with Gasteiger partial charge in [0.15, 0.2) is 0 Å². The van der Waals surface area contributed by atoms with Crippen molar-refractivity contribution in [3.05, 3.63) is 35.9 Å². The Labute approximate surface area is 64.0 Å². The van der Waals surface area contributed by atoms with Crippen LogP contribution in [0.4, 0.5) is 4.39 Å². The van der Waals surface area contributed by atoms with E-state index in [4.69, 9.17) is 5.11 Å². The number of pyridine rings is 1. The highest BCUT2D eigenvalue weighted by atomic mass is 19.1. The molecule has 0 aliphatic carbocycles. The second-order valence-corrected chi connectivity index (χ2v) is 2.00. The molecule has 1 heterocycles. The first kappa shape index (κ1) is 7.88. The highest BCUT2D eigenvalue weighted by Crippen LogP contribution is 2.00. The van der Waals surface area contributed by atoms with Crippen LogP contribution in [0.25, 0.3) is 6.08 Å². The molecule has 3 heteroatoms. The largest absolute Gasteiger partial charge is 0.392 e. The predicted molar refractivity (Wildman–Crippen MR) is 40.3 cm³/mol. The van der Waals surface area contributed by atoms with Gasteiger partial charge in [-0.05, 0) is 17.7 Å². The standard InChI is InChI=1S/C8H8FNO/c9-8-4-3-7(6-10-8)2-1-5-11/h1-4,6,11H,5H2. The van der Waals surface area contributed by atoms with Gasteiger partial charge >= 0.3 is 0 Å². The van der Waals surface area contributed by atoms with Gasteiger partial charge in [0.1, 0.15) is 0 Å². The Kier molecular flexibility index (Phi) is 2.74. The second kappa shape index (κ2) is 3.83. The molecule has 58 valence electrons. The van der Waals surface area contributed by atoms with E-state index >= 15 is 0 Å². The van der Waals surface area contributed by atoms with Gasteiger partial charge in [-0.25, -0.2) is 4.98 Å². The lowest BCUT2D eigenvalue weighted by Gasteiger charge is -1.90. The Balaban J connectivity index is 2.73. The minimum atomic E-state index is -0.494. The van der Waals surface area contributed by atoms with Crippen LogP contribution in [-0.4, -0.2) is 16.7 Å². The van der Waals surface area contributed by atoms with Gasteiger partial charge < -0.3 is 5.11 Å². The fourth-order valence-electron chi connectivity index (χ4n) is 0.675. The number of rotatable bonds is 2. The van der Waals surface area contributed by atoms with E-state index in [1.54, 1.807) is 18.2 Å². The van der Waals surface area contributed by atoms with Crippen LogP contribution in [0.5, 0.6) is 0 Å². The third-order valence-corrected chi connectivity index (χ3v) is 1.17. The normalized spacial score (nSPS) is 10.7. The fourth-order valence-corrected chi connectivity index (χ4v) is 0.675. The molecule has 11 heavy (non-hydrogen) atoms. The monoisotopic (exact) mass is 153 g/mol. The Hall–Kier alpha value is -1.22. The number of nitrogens with zero attached hydrogens (tertiary/aromatic N) is 1. The van der Waals surface area contributed by atoms with Crippen LogP contribution in [0.2, 0.25) is 0 Å². The second-order valence-electron chi connectivity index (χ2n) is 2.00. The maximum atomic E-state index is 12.2. The number of aromatic nitrogens is 1. The summed E-state index contributed by atoms with van der Waals surface area (Å²) in [5, 5.41) is 8.40. The first-order chi connectivity index (χ1) is 5.33. The lowest BCUT2D eigenvalue weighted by molar-refractivity contribution is 0.343. The number of halogens is 1. The Morgan fingerprint density at radius 3 is 2.91 bits per heavy atom. The van der Waals surface area contributed by atoms with Crippen LogP contribution >= 0.6 is 0 Å². The van der Waals surface area contributed by atoms with E-state index in [9.17, 15) is 4.39 Å². The summed E-state index contributed by atoms with van der Waals surface area (Å²) < 4.78 is 12.2. The molecule has 1 aromatic rings. The summed E-state index contributed by atoms with van der Waals surface area (Å²) in [6.45, 7) is -0.0165. The molecule has 0 atom stereocenters. The number of aliphatic hydroxyl groups is 1. The molecule has 0 radical (unpaired) electrons. The van der Waals surface area contributed by atoms with Crippen molar-refractivity contribution in [3.8, 4) is 0 Å². The molecule has 0 saturated carbocycles. The van der Waals surface area contributed by atoms with E-state index in [0.717, 1.165) is 5.56 Å². The zero-order chi connectivity index (χ0) is 8.10. The molecule has 0 aliphatic heterocycles. The van der Waals surface area contributed by atoms with Crippen molar-refractivity contribution in [1.82, 2.24) is 4.98 Å². The van der Waals surface area contributed by atoms with Crippen molar-refractivity contribution in [2.24, 2.45) is 0 Å². The van der Waals surface area contributed by atoms with E-state index < -0.39 is 5.95 Å². The van der Waals surface area contributed by atoms with Gasteiger partial charge in [0, 0.05) is 6.20 Å². The zero-order valence-corrected chi connectivity index (χ0v) is 5.87. The molecule has 0 unspecified atom stereocenters. The van der Waals surface area contributed by atoms with Crippen molar-refractivity contribution in [1.29, 1.82) is 0 Å². The molecule has 1 N–H and O–H groups in total. The van der Waals surface area contributed by atoms with Crippen molar-refractivity contribution < 1.29 is 9.50 Å². The zero-order valence-electron chi connectivity index (χ0n) is 5.87. The molecule has 1 rings (SSSR count). The van der Waals surface area contributed by atoms with Gasteiger partial charge in [-0.1, -0.05) is 12.2 Å². The number of hydrogen-bond acceptors (Lipinski definition) is 2. The van der Waals surface area contributed by atoms with Gasteiger partial charge in [0.2, 0.25) is 5.95 Å². The van der Waals surface area contributed by atoms with Crippen molar-refractivity contribution >= 4 is 6.08 Å². The summed E-state index contributed by atoms with van der Waals surface area (Å²) in [7, 11) is 0. The molecule has 0 bridgehead atoms. The topological polar surface area (TPSA) is 33.1 Å². The summed E-state index contributed by atoms with van der Waals surface area (Å²) in [6.07, 6.45) is 4.64. The Morgan fingerprint density at radius 1 is 1.55 bits per heavy atom. The van der Waals surface area contributed by atoms with Crippen LogP contribution in [0, 0.1) is 5.95 Å². The van der Waals surface area contributed by atoms with Crippen LogP contribution in [-0.2, 0) is 0 Å². The molecular formula is C8H8FNO. The molecule has 1 aromatic heterocycles. The van der Waals surface area contributed by atoms with E-state index in [2.05, 4.69) is 4.98 Å². The van der Waals surface area contributed by atoms with Crippen molar-refractivity contribution in [2.75, 3.05) is 6.61 Å². The summed E-state index contributed by atoms with van der Waals surface area (Å²) in [4.78, 5) is 3.43. The SMILES string of the molecule is OCC=Cc1ccc(F)nc1. The van der Waals surface area contributed by atoms with E-state index in [0.29, 0.717) is 0 Å². The fraction of sp³-hybridized carbons (Fsp3) is 0.125. The van der Waals surface area contributed by atoms with Gasteiger partial charge in [0.05, 0.1) is 6.61 Å². The van der Waals surface area contributed by atoms with Gasteiger partial charge in [-0.15, -0.1) is 0 Å². The summed E-state index contributed by atoms with van der Waals surface area (Å²) >= 11 is 0. The first-order valence-corrected chi connectivity index (χ1v) is 3.22. The Morgan fingerprint density at radius 2 is 2.36 bits per heavy atom. The van der Waals surface area contributed by atoms with E-state index in [1.165, 1.54) is 12.3 Å². The van der Waals surface area contributed by atoms with Crippen molar-refractivity contribution in [3.63, 3.8) is 0 Å². The minimum Gasteiger partial charge on any atom is -0.392 e. The summed E-state index contributed by atoms with van der Waals surface area (Å²) in [5.41, 5.74) is 0.778. The third kappa shape index (κ3) is 2.47. The average Bonchev–Trinajstić information content (AvgIpc) is 2.04. The van der Waals surface area contributed by atoms with Gasteiger partial charge in [-0.2, -0.15) is 4.39 Å². The maximum absolute atomic E-state index is 12.2. The van der Waals surface area contributed by atoms with E-state index in [-0.39, 0.29) is 6.61 Å². The molecule has 0 aliphatic rings. The maximum Gasteiger partial charge on any atom is 0.212 e. The number of hydrogen-bond donors (Lipinski definition) is 1. The molecule has 2 nitrogen and oxygen atoms in total. The van der Waals surface area contributed by atoms with E-state index in [1.807, 2.05) is 0 Å². The first-order valence-electron chi connectivity index (χ1n) is 3.22. The van der Waals surface area contributed by atoms with Crippen LogP contribution < -0.4 is 0 Å². The average molecular weight is 153 g/mol. The van der Waals surface area contributed by atoms with Crippen molar-refractivity contribution in [2.45, 2.75) is 0 Å². The van der Waals surface area contributed by atoms with Crippen LogP contribution in [0.1, 0.15) is 5.56 Å². The molecule has 0 amide bonds. The lowest BCUT2D eigenvalue weighted by Crippen LogP contribution is -1.81. The Bertz CT molecular complexity index is 243. The smallest absolute Gasteiger partial charge is 0.212 e. The highest BCUT2D eigenvalue weighted by Gasteiger charge is 1.88. The number of aliphatic hydroxyl groups excluding tert-OH is 1. The highest BCUT2D eigenvalue weighted by molar-refractivity contribution is 5.47. The lowest BCUT2D eigenvalue weighted by atomic mass is 10.3. The summed E-state index contributed by atoms with van der Waals surface area (Å²) in [5.74, 6) is -0.494. The molecule has 0 saturated heterocycles. The van der Waals surface area contributed by atoms with Crippen LogP contribution in [0.3, 0.4) is 0 Å². The molecule has 0 fully saturated rings. The molecule has 0 spiro atoms. The molecule has 0 aromatic carbocycles. The summed E-state index contributed by atoms with van der Waals surface area (Å²) in [6, 6.07) is 2.87. The predicted octanol–water partition coefficient (Wildman–Crippen LogP) is 1.23. The van der Waals surface area contributed by atoms with Crippen LogP contribution in [0.15, 0.2) is 24.4 Å². The third-order valence-electron chi connectivity index (χ3n) is 1.17. The van der Waals surface area contributed by atoms with Gasteiger partial charge in [0.25, 0.3) is 0 Å².